The molecule has 1 heterocycles. The van der Waals surface area contributed by atoms with Gasteiger partial charge in [0.1, 0.15) is 5.75 Å². The standard InChI is InChI=1S/C20H25ClN2O2/c1-15(2)25-20-6-4-3-5-16(20)14-22-17-7-8-19(18(21)13-17)23-9-11-24-12-10-23/h3-8,13,15,22H,9-12,14H2,1-2H3. The maximum Gasteiger partial charge on any atom is 0.124 e. The van der Waals surface area contributed by atoms with Crippen molar-refractivity contribution in [1.82, 2.24) is 0 Å². The van der Waals surface area contributed by atoms with E-state index in [0.29, 0.717) is 6.54 Å². The van der Waals surface area contributed by atoms with E-state index in [1.807, 2.05) is 38.1 Å². The van der Waals surface area contributed by atoms with Crippen LogP contribution in [0.2, 0.25) is 5.02 Å². The van der Waals surface area contributed by atoms with Crippen molar-refractivity contribution >= 4 is 23.0 Å². The monoisotopic (exact) mass is 360 g/mol. The molecule has 1 aliphatic heterocycles. The molecular weight excluding hydrogens is 336 g/mol. The molecule has 134 valence electrons. The van der Waals surface area contributed by atoms with Crippen LogP contribution < -0.4 is 15.0 Å². The third kappa shape index (κ3) is 4.80. The first kappa shape index (κ1) is 17.9. The quantitative estimate of drug-likeness (QED) is 0.817. The van der Waals surface area contributed by atoms with Crippen molar-refractivity contribution in [3.8, 4) is 5.75 Å². The molecule has 0 radical (unpaired) electrons. The fourth-order valence-corrected chi connectivity index (χ4v) is 3.19. The number of ether oxygens (including phenoxy) is 2. The van der Waals surface area contributed by atoms with Gasteiger partial charge in [0.05, 0.1) is 30.0 Å². The Kier molecular flexibility index (Phi) is 6.05. The van der Waals surface area contributed by atoms with Crippen molar-refractivity contribution in [2.75, 3.05) is 36.5 Å². The molecule has 0 saturated carbocycles. The van der Waals surface area contributed by atoms with Gasteiger partial charge in [-0.2, -0.15) is 0 Å². The summed E-state index contributed by atoms with van der Waals surface area (Å²) >= 11 is 6.50. The first-order chi connectivity index (χ1) is 12.1. The van der Waals surface area contributed by atoms with Crippen LogP contribution >= 0.6 is 11.6 Å². The lowest BCUT2D eigenvalue weighted by Crippen LogP contribution is -2.36. The molecule has 5 heteroatoms. The summed E-state index contributed by atoms with van der Waals surface area (Å²) in [5.41, 5.74) is 3.20. The van der Waals surface area contributed by atoms with Crippen LogP contribution in [0.4, 0.5) is 11.4 Å². The molecule has 1 saturated heterocycles. The lowest BCUT2D eigenvalue weighted by Gasteiger charge is -2.29. The largest absolute Gasteiger partial charge is 0.491 e. The summed E-state index contributed by atoms with van der Waals surface area (Å²) in [4.78, 5) is 2.27. The Hall–Kier alpha value is -1.91. The average Bonchev–Trinajstić information content (AvgIpc) is 2.61. The second kappa shape index (κ2) is 8.45. The molecule has 0 spiro atoms. The highest BCUT2D eigenvalue weighted by atomic mass is 35.5. The third-order valence-corrected chi connectivity index (χ3v) is 4.42. The predicted molar refractivity (Wildman–Crippen MR) is 104 cm³/mol. The summed E-state index contributed by atoms with van der Waals surface area (Å²) in [5.74, 6) is 0.918. The zero-order valence-corrected chi connectivity index (χ0v) is 15.6. The van der Waals surface area contributed by atoms with Crippen LogP contribution in [0.15, 0.2) is 42.5 Å². The maximum absolute atomic E-state index is 6.50. The minimum atomic E-state index is 0.156. The van der Waals surface area contributed by atoms with Crippen LogP contribution in [0.25, 0.3) is 0 Å². The second-order valence-corrected chi connectivity index (χ2v) is 6.80. The van der Waals surface area contributed by atoms with E-state index in [9.17, 15) is 0 Å². The number of hydrogen-bond acceptors (Lipinski definition) is 4. The van der Waals surface area contributed by atoms with E-state index in [4.69, 9.17) is 21.1 Å². The van der Waals surface area contributed by atoms with Crippen LogP contribution in [0, 0.1) is 0 Å². The van der Waals surface area contributed by atoms with E-state index in [2.05, 4.69) is 28.4 Å². The number of rotatable bonds is 6. The molecule has 4 nitrogen and oxygen atoms in total. The fourth-order valence-electron chi connectivity index (χ4n) is 2.89. The van der Waals surface area contributed by atoms with Gasteiger partial charge < -0.3 is 19.7 Å². The number of nitrogens with zero attached hydrogens (tertiary/aromatic N) is 1. The average molecular weight is 361 g/mol. The normalized spacial score (nSPS) is 14.6. The summed E-state index contributed by atoms with van der Waals surface area (Å²) in [5, 5.41) is 4.20. The molecule has 1 fully saturated rings. The van der Waals surface area contributed by atoms with Gasteiger partial charge in [-0.15, -0.1) is 0 Å². The van der Waals surface area contributed by atoms with Crippen LogP contribution in [-0.2, 0) is 11.3 Å². The van der Waals surface area contributed by atoms with Gasteiger partial charge in [-0.25, -0.2) is 0 Å². The van der Waals surface area contributed by atoms with Crippen LogP contribution in [0.5, 0.6) is 5.75 Å². The van der Waals surface area contributed by atoms with E-state index in [1.54, 1.807) is 0 Å². The minimum absolute atomic E-state index is 0.156. The van der Waals surface area contributed by atoms with Crippen molar-refractivity contribution in [2.24, 2.45) is 0 Å². The lowest BCUT2D eigenvalue weighted by molar-refractivity contribution is 0.122. The fraction of sp³-hybridized carbons (Fsp3) is 0.400. The van der Waals surface area contributed by atoms with Gasteiger partial charge in [0.2, 0.25) is 0 Å². The first-order valence-electron chi connectivity index (χ1n) is 8.74. The van der Waals surface area contributed by atoms with Crippen molar-refractivity contribution in [1.29, 1.82) is 0 Å². The summed E-state index contributed by atoms with van der Waals surface area (Å²) in [6.45, 7) is 8.03. The van der Waals surface area contributed by atoms with Crippen molar-refractivity contribution in [3.05, 3.63) is 53.1 Å². The number of halogens is 1. The van der Waals surface area contributed by atoms with Gasteiger partial charge in [-0.05, 0) is 38.1 Å². The van der Waals surface area contributed by atoms with Gasteiger partial charge in [-0.1, -0.05) is 29.8 Å². The van der Waals surface area contributed by atoms with E-state index in [0.717, 1.165) is 54.0 Å². The Balaban J connectivity index is 1.67. The molecule has 3 rings (SSSR count). The third-order valence-electron chi connectivity index (χ3n) is 4.12. The molecule has 0 atom stereocenters. The molecule has 0 aromatic heterocycles. The molecule has 0 unspecified atom stereocenters. The molecule has 2 aromatic rings. The van der Waals surface area contributed by atoms with E-state index in [-0.39, 0.29) is 6.10 Å². The molecule has 2 aromatic carbocycles. The summed E-state index contributed by atoms with van der Waals surface area (Å²) < 4.78 is 11.3. The number of benzene rings is 2. The zero-order chi connectivity index (χ0) is 17.6. The van der Waals surface area contributed by atoms with Crippen molar-refractivity contribution in [3.63, 3.8) is 0 Å². The smallest absolute Gasteiger partial charge is 0.124 e. The van der Waals surface area contributed by atoms with E-state index < -0.39 is 0 Å². The Labute approximate surface area is 154 Å². The van der Waals surface area contributed by atoms with Crippen molar-refractivity contribution in [2.45, 2.75) is 26.5 Å². The lowest BCUT2D eigenvalue weighted by atomic mass is 10.2. The Bertz CT molecular complexity index is 700. The number of nitrogens with one attached hydrogen (secondary N) is 1. The van der Waals surface area contributed by atoms with Gasteiger partial charge in [0.15, 0.2) is 0 Å². The Morgan fingerprint density at radius 2 is 1.92 bits per heavy atom. The highest BCUT2D eigenvalue weighted by molar-refractivity contribution is 6.33. The highest BCUT2D eigenvalue weighted by Gasteiger charge is 2.14. The second-order valence-electron chi connectivity index (χ2n) is 6.39. The van der Waals surface area contributed by atoms with Gasteiger partial charge in [-0.3, -0.25) is 0 Å². The van der Waals surface area contributed by atoms with E-state index in [1.165, 1.54) is 0 Å². The summed E-state index contributed by atoms with van der Waals surface area (Å²) in [6, 6.07) is 14.2. The van der Waals surface area contributed by atoms with Gasteiger partial charge >= 0.3 is 0 Å². The van der Waals surface area contributed by atoms with Crippen LogP contribution in [0.1, 0.15) is 19.4 Å². The summed E-state index contributed by atoms with van der Waals surface area (Å²) in [7, 11) is 0. The maximum atomic E-state index is 6.50. The number of hydrogen-bond donors (Lipinski definition) is 1. The van der Waals surface area contributed by atoms with Crippen molar-refractivity contribution < 1.29 is 9.47 Å². The Morgan fingerprint density at radius 3 is 2.64 bits per heavy atom. The zero-order valence-electron chi connectivity index (χ0n) is 14.8. The van der Waals surface area contributed by atoms with Gasteiger partial charge in [0.25, 0.3) is 0 Å². The van der Waals surface area contributed by atoms with Crippen LogP contribution in [-0.4, -0.2) is 32.4 Å². The molecule has 1 N–H and O–H groups in total. The molecule has 0 amide bonds. The number of anilines is 2. The molecule has 0 aliphatic carbocycles. The van der Waals surface area contributed by atoms with Gasteiger partial charge in [0, 0.05) is 30.9 Å². The van der Waals surface area contributed by atoms with Crippen LogP contribution in [0.3, 0.4) is 0 Å². The topological polar surface area (TPSA) is 33.7 Å². The molecule has 0 bridgehead atoms. The first-order valence-corrected chi connectivity index (χ1v) is 9.12. The molecule has 1 aliphatic rings. The number of morpholine rings is 1. The molecular formula is C20H25ClN2O2. The summed E-state index contributed by atoms with van der Waals surface area (Å²) in [6.07, 6.45) is 0.156. The minimum Gasteiger partial charge on any atom is -0.491 e. The molecule has 25 heavy (non-hydrogen) atoms. The Morgan fingerprint density at radius 1 is 1.16 bits per heavy atom. The predicted octanol–water partition coefficient (Wildman–Crippen LogP) is 4.58. The SMILES string of the molecule is CC(C)Oc1ccccc1CNc1ccc(N2CCOCC2)c(Cl)c1. The van der Waals surface area contributed by atoms with E-state index >= 15 is 0 Å². The number of para-hydroxylation sites is 1. The highest BCUT2D eigenvalue weighted by Crippen LogP contribution is 2.30.